The summed E-state index contributed by atoms with van der Waals surface area (Å²) in [6, 6.07) is 13.0. The summed E-state index contributed by atoms with van der Waals surface area (Å²) in [7, 11) is 0. The van der Waals surface area contributed by atoms with Gasteiger partial charge in [-0.1, -0.05) is 29.8 Å². The molecule has 0 fully saturated rings. The Bertz CT molecular complexity index is 672. The maximum atomic E-state index is 12.2. The van der Waals surface area contributed by atoms with E-state index >= 15 is 0 Å². The first kappa shape index (κ1) is 14.3. The number of halogens is 1. The quantitative estimate of drug-likeness (QED) is 0.774. The molecule has 0 radical (unpaired) electrons. The van der Waals surface area contributed by atoms with Crippen molar-refractivity contribution in [1.29, 1.82) is 0 Å². The monoisotopic (exact) mass is 320 g/mol. The van der Waals surface area contributed by atoms with E-state index in [-0.39, 0.29) is 12.6 Å². The minimum absolute atomic E-state index is 0.0744. The highest BCUT2D eigenvalue weighted by molar-refractivity contribution is 7.99. The SMILES string of the molecule is O=C(CSCc1ccccc1Cl)c1ccc2c(c1)OCO2. The fourth-order valence-corrected chi connectivity index (χ4v) is 3.23. The summed E-state index contributed by atoms with van der Waals surface area (Å²) in [6.45, 7) is 0.217. The average Bonchev–Trinajstić information content (AvgIpc) is 2.96. The van der Waals surface area contributed by atoms with Gasteiger partial charge in [0.1, 0.15) is 0 Å². The molecule has 0 N–H and O–H groups in total. The summed E-state index contributed by atoms with van der Waals surface area (Å²) < 4.78 is 10.5. The van der Waals surface area contributed by atoms with Gasteiger partial charge in [-0.25, -0.2) is 0 Å². The molecule has 0 aromatic heterocycles. The van der Waals surface area contributed by atoms with Crippen molar-refractivity contribution in [1.82, 2.24) is 0 Å². The normalized spacial score (nSPS) is 12.4. The molecule has 1 heterocycles. The lowest BCUT2D eigenvalue weighted by atomic mass is 10.1. The van der Waals surface area contributed by atoms with Crippen LogP contribution in [0, 0.1) is 0 Å². The molecule has 2 aromatic rings. The molecule has 0 atom stereocenters. The van der Waals surface area contributed by atoms with Crippen molar-refractivity contribution in [2.24, 2.45) is 0 Å². The van der Waals surface area contributed by atoms with Crippen LogP contribution in [0.25, 0.3) is 0 Å². The number of hydrogen-bond donors (Lipinski definition) is 0. The predicted octanol–water partition coefficient (Wildman–Crippen LogP) is 4.18. The molecule has 0 spiro atoms. The van der Waals surface area contributed by atoms with E-state index in [1.165, 1.54) is 0 Å². The van der Waals surface area contributed by atoms with Crippen LogP contribution in [0.15, 0.2) is 42.5 Å². The summed E-state index contributed by atoms with van der Waals surface area (Å²) in [5, 5.41) is 0.737. The summed E-state index contributed by atoms with van der Waals surface area (Å²) in [5.74, 6) is 2.53. The molecule has 0 amide bonds. The summed E-state index contributed by atoms with van der Waals surface area (Å²) >= 11 is 7.64. The van der Waals surface area contributed by atoms with Gasteiger partial charge >= 0.3 is 0 Å². The Morgan fingerprint density at radius 1 is 1.14 bits per heavy atom. The number of rotatable bonds is 5. The number of ketones is 1. The van der Waals surface area contributed by atoms with E-state index < -0.39 is 0 Å². The second-order valence-corrected chi connectivity index (χ2v) is 5.97. The Kier molecular flexibility index (Phi) is 4.36. The van der Waals surface area contributed by atoms with Gasteiger partial charge in [-0.05, 0) is 29.8 Å². The van der Waals surface area contributed by atoms with Crippen LogP contribution in [0.2, 0.25) is 5.02 Å². The number of ether oxygens (including phenoxy) is 2. The zero-order chi connectivity index (χ0) is 14.7. The lowest BCUT2D eigenvalue weighted by Crippen LogP contribution is -2.02. The van der Waals surface area contributed by atoms with Crippen LogP contribution >= 0.6 is 23.4 Å². The zero-order valence-electron chi connectivity index (χ0n) is 11.2. The maximum Gasteiger partial charge on any atom is 0.231 e. The van der Waals surface area contributed by atoms with Gasteiger partial charge in [-0.2, -0.15) is 0 Å². The molecule has 0 aliphatic carbocycles. The molecule has 5 heteroatoms. The van der Waals surface area contributed by atoms with E-state index in [0.717, 1.165) is 16.3 Å². The third-order valence-corrected chi connectivity index (χ3v) is 4.49. The number of fused-ring (bicyclic) bond motifs is 1. The molecule has 3 nitrogen and oxygen atoms in total. The number of hydrogen-bond acceptors (Lipinski definition) is 4. The molecule has 2 aromatic carbocycles. The Hall–Kier alpha value is -1.65. The smallest absolute Gasteiger partial charge is 0.231 e. The van der Waals surface area contributed by atoms with E-state index in [2.05, 4.69) is 0 Å². The Balaban J connectivity index is 1.58. The topological polar surface area (TPSA) is 35.5 Å². The predicted molar refractivity (Wildman–Crippen MR) is 84.5 cm³/mol. The van der Waals surface area contributed by atoms with Crippen LogP contribution in [0.1, 0.15) is 15.9 Å². The highest BCUT2D eigenvalue weighted by Gasteiger charge is 2.16. The summed E-state index contributed by atoms with van der Waals surface area (Å²) in [5.41, 5.74) is 1.69. The minimum Gasteiger partial charge on any atom is -0.454 e. The molecular formula is C16H13ClO3S. The van der Waals surface area contributed by atoms with E-state index in [4.69, 9.17) is 21.1 Å². The van der Waals surface area contributed by atoms with E-state index in [1.807, 2.05) is 24.3 Å². The Morgan fingerprint density at radius 2 is 1.95 bits per heavy atom. The van der Waals surface area contributed by atoms with Crippen LogP contribution in [-0.2, 0) is 5.75 Å². The van der Waals surface area contributed by atoms with Crippen molar-refractivity contribution in [2.75, 3.05) is 12.5 Å². The van der Waals surface area contributed by atoms with Crippen molar-refractivity contribution in [3.8, 4) is 11.5 Å². The molecule has 0 saturated heterocycles. The number of Topliss-reactive ketones (excluding diaryl/α,β-unsaturated/α-hetero) is 1. The van der Waals surface area contributed by atoms with Crippen LogP contribution in [0.4, 0.5) is 0 Å². The van der Waals surface area contributed by atoms with Gasteiger partial charge in [0.15, 0.2) is 17.3 Å². The molecule has 0 saturated carbocycles. The summed E-state index contributed by atoms with van der Waals surface area (Å²) in [6.07, 6.45) is 0. The number of carbonyl (C=O) groups excluding carboxylic acids is 1. The lowest BCUT2D eigenvalue weighted by Gasteiger charge is -2.05. The standard InChI is InChI=1S/C16H13ClO3S/c17-13-4-2-1-3-12(13)8-21-9-14(18)11-5-6-15-16(7-11)20-10-19-15/h1-7H,8-10H2. The second kappa shape index (κ2) is 6.41. The van der Waals surface area contributed by atoms with E-state index in [1.54, 1.807) is 30.0 Å². The van der Waals surface area contributed by atoms with Gasteiger partial charge in [-0.3, -0.25) is 4.79 Å². The molecule has 21 heavy (non-hydrogen) atoms. The number of benzene rings is 2. The molecular weight excluding hydrogens is 308 g/mol. The van der Waals surface area contributed by atoms with Crippen LogP contribution in [-0.4, -0.2) is 18.3 Å². The number of carbonyl (C=O) groups is 1. The average molecular weight is 321 g/mol. The van der Waals surface area contributed by atoms with E-state index in [0.29, 0.717) is 22.8 Å². The Labute approximate surface area is 132 Å². The zero-order valence-corrected chi connectivity index (χ0v) is 12.7. The largest absolute Gasteiger partial charge is 0.454 e. The Morgan fingerprint density at radius 3 is 2.81 bits per heavy atom. The molecule has 0 bridgehead atoms. The molecule has 1 aliphatic heterocycles. The van der Waals surface area contributed by atoms with Gasteiger partial charge in [0.2, 0.25) is 6.79 Å². The summed E-state index contributed by atoms with van der Waals surface area (Å²) in [4.78, 5) is 12.2. The van der Waals surface area contributed by atoms with Gasteiger partial charge in [0.05, 0.1) is 5.75 Å². The lowest BCUT2D eigenvalue weighted by molar-refractivity contribution is 0.102. The minimum atomic E-state index is 0.0744. The molecule has 1 aliphatic rings. The van der Waals surface area contributed by atoms with Gasteiger partial charge in [0.25, 0.3) is 0 Å². The van der Waals surface area contributed by atoms with Crippen molar-refractivity contribution in [3.05, 3.63) is 58.6 Å². The van der Waals surface area contributed by atoms with Gasteiger partial charge in [-0.15, -0.1) is 11.8 Å². The fraction of sp³-hybridized carbons (Fsp3) is 0.188. The molecule has 108 valence electrons. The van der Waals surface area contributed by atoms with Crippen LogP contribution < -0.4 is 9.47 Å². The first-order valence-electron chi connectivity index (χ1n) is 6.48. The van der Waals surface area contributed by atoms with Gasteiger partial charge < -0.3 is 9.47 Å². The third-order valence-electron chi connectivity index (χ3n) is 3.14. The number of thioether (sulfide) groups is 1. The highest BCUT2D eigenvalue weighted by atomic mass is 35.5. The molecule has 0 unspecified atom stereocenters. The molecule has 3 rings (SSSR count). The third kappa shape index (κ3) is 3.34. The first-order valence-corrected chi connectivity index (χ1v) is 8.01. The second-order valence-electron chi connectivity index (χ2n) is 4.58. The van der Waals surface area contributed by atoms with Crippen LogP contribution in [0.5, 0.6) is 11.5 Å². The van der Waals surface area contributed by atoms with Crippen LogP contribution in [0.3, 0.4) is 0 Å². The van der Waals surface area contributed by atoms with Crippen molar-refractivity contribution < 1.29 is 14.3 Å². The van der Waals surface area contributed by atoms with Crippen molar-refractivity contribution >= 4 is 29.1 Å². The van der Waals surface area contributed by atoms with E-state index in [9.17, 15) is 4.79 Å². The highest BCUT2D eigenvalue weighted by Crippen LogP contribution is 2.33. The maximum absolute atomic E-state index is 12.2. The van der Waals surface area contributed by atoms with Crippen molar-refractivity contribution in [3.63, 3.8) is 0 Å². The first-order chi connectivity index (χ1) is 10.2. The van der Waals surface area contributed by atoms with Crippen molar-refractivity contribution in [2.45, 2.75) is 5.75 Å². The fourth-order valence-electron chi connectivity index (χ4n) is 2.02. The van der Waals surface area contributed by atoms with Gasteiger partial charge in [0, 0.05) is 16.3 Å².